The summed E-state index contributed by atoms with van der Waals surface area (Å²) in [6.45, 7) is 6.10. The second-order valence-electron chi connectivity index (χ2n) is 8.99. The number of hydrogen-bond donors (Lipinski definition) is 1. The Hall–Kier alpha value is -2.86. The molecule has 2 aromatic carbocycles. The highest BCUT2D eigenvalue weighted by molar-refractivity contribution is 7.80. The van der Waals surface area contributed by atoms with Gasteiger partial charge >= 0.3 is 0 Å². The smallest absolute Gasteiger partial charge is 0.252 e. The molecule has 2 unspecified atom stereocenters. The van der Waals surface area contributed by atoms with E-state index in [1.54, 1.807) is 12.0 Å². The Kier molecular flexibility index (Phi) is 4.19. The van der Waals surface area contributed by atoms with Gasteiger partial charge in [0.1, 0.15) is 11.8 Å². The highest BCUT2D eigenvalue weighted by Crippen LogP contribution is 2.45. The number of H-pyrrole nitrogens is 1. The molecule has 30 heavy (non-hydrogen) atoms. The van der Waals surface area contributed by atoms with Gasteiger partial charge < -0.3 is 14.6 Å². The summed E-state index contributed by atoms with van der Waals surface area (Å²) in [7, 11) is 1.66. The summed E-state index contributed by atoms with van der Waals surface area (Å²) in [4.78, 5) is 21.1. The lowest BCUT2D eigenvalue weighted by molar-refractivity contribution is -0.131. The number of ether oxygens (including phenoxy) is 1. The fourth-order valence-electron chi connectivity index (χ4n) is 4.82. The quantitative estimate of drug-likeness (QED) is 0.625. The first-order valence-electron chi connectivity index (χ1n) is 10.2. The SMILES string of the molecule is COc1ccc(C2c3[nH]c4ccccc4c3CC3C(=O)N(C(C)(C)C)C(=S)N32)cc1. The zero-order valence-electron chi connectivity index (χ0n) is 17.6. The van der Waals surface area contributed by atoms with Crippen LogP contribution < -0.4 is 4.74 Å². The van der Waals surface area contributed by atoms with Gasteiger partial charge in [0.05, 0.1) is 13.2 Å². The van der Waals surface area contributed by atoms with Crippen molar-refractivity contribution >= 4 is 34.1 Å². The van der Waals surface area contributed by atoms with Crippen molar-refractivity contribution in [2.45, 2.75) is 44.8 Å². The van der Waals surface area contributed by atoms with E-state index in [0.717, 1.165) is 22.5 Å². The van der Waals surface area contributed by atoms with Gasteiger partial charge in [-0.3, -0.25) is 9.69 Å². The first-order chi connectivity index (χ1) is 14.3. The van der Waals surface area contributed by atoms with Crippen LogP contribution in [0.2, 0.25) is 0 Å². The third-order valence-corrected chi connectivity index (χ3v) is 6.54. The molecule has 3 heterocycles. The molecule has 1 fully saturated rings. The van der Waals surface area contributed by atoms with Crippen LogP contribution in [0, 0.1) is 0 Å². The van der Waals surface area contributed by atoms with Crippen molar-refractivity contribution in [2.24, 2.45) is 0 Å². The number of carbonyl (C=O) groups is 1. The first-order valence-corrected chi connectivity index (χ1v) is 10.6. The third-order valence-electron chi connectivity index (χ3n) is 6.15. The molecule has 6 heteroatoms. The lowest BCUT2D eigenvalue weighted by Crippen LogP contribution is -2.46. The number of nitrogens with one attached hydrogen (secondary N) is 1. The number of fused-ring (bicyclic) bond motifs is 4. The van der Waals surface area contributed by atoms with Gasteiger partial charge in [-0.2, -0.15) is 0 Å². The van der Waals surface area contributed by atoms with Crippen LogP contribution in [-0.2, 0) is 11.2 Å². The molecule has 1 N–H and O–H groups in total. The maximum atomic E-state index is 13.5. The topological polar surface area (TPSA) is 48.6 Å². The van der Waals surface area contributed by atoms with Crippen LogP contribution in [0.4, 0.5) is 0 Å². The largest absolute Gasteiger partial charge is 0.497 e. The lowest BCUT2D eigenvalue weighted by atomic mass is 9.89. The van der Waals surface area contributed by atoms with Crippen molar-refractivity contribution in [1.29, 1.82) is 0 Å². The highest BCUT2D eigenvalue weighted by Gasteiger charge is 2.53. The van der Waals surface area contributed by atoms with Crippen molar-refractivity contribution in [1.82, 2.24) is 14.8 Å². The molecule has 1 amide bonds. The zero-order chi connectivity index (χ0) is 21.2. The van der Waals surface area contributed by atoms with Crippen molar-refractivity contribution in [2.75, 3.05) is 7.11 Å². The molecule has 1 aromatic heterocycles. The van der Waals surface area contributed by atoms with Crippen LogP contribution >= 0.6 is 12.2 Å². The second kappa shape index (κ2) is 6.57. The molecule has 0 spiro atoms. The molecule has 0 aliphatic carbocycles. The lowest BCUT2D eigenvalue weighted by Gasteiger charge is -2.38. The van der Waals surface area contributed by atoms with E-state index in [4.69, 9.17) is 17.0 Å². The summed E-state index contributed by atoms with van der Waals surface area (Å²) in [5.74, 6) is 0.890. The van der Waals surface area contributed by atoms with Crippen LogP contribution in [0.1, 0.15) is 43.6 Å². The Bertz CT molecular complexity index is 1160. The Balaban J connectivity index is 1.72. The number of benzene rings is 2. The number of aromatic amines is 1. The average molecular weight is 420 g/mol. The fourth-order valence-corrected chi connectivity index (χ4v) is 5.42. The second-order valence-corrected chi connectivity index (χ2v) is 9.36. The molecule has 5 rings (SSSR count). The van der Waals surface area contributed by atoms with Crippen LogP contribution in [0.15, 0.2) is 48.5 Å². The van der Waals surface area contributed by atoms with E-state index in [1.165, 1.54) is 10.9 Å². The highest BCUT2D eigenvalue weighted by atomic mass is 32.1. The van der Waals surface area contributed by atoms with Crippen molar-refractivity contribution in [3.63, 3.8) is 0 Å². The monoisotopic (exact) mass is 419 g/mol. The number of thiocarbonyl (C=S) groups is 1. The minimum absolute atomic E-state index is 0.0851. The predicted octanol–water partition coefficient (Wildman–Crippen LogP) is 4.42. The number of carbonyl (C=O) groups excluding carboxylic acids is 1. The van der Waals surface area contributed by atoms with Crippen molar-refractivity contribution < 1.29 is 9.53 Å². The Morgan fingerprint density at radius 1 is 1.10 bits per heavy atom. The fraction of sp³-hybridized carbons (Fsp3) is 0.333. The van der Waals surface area contributed by atoms with Gasteiger partial charge in [-0.25, -0.2) is 0 Å². The van der Waals surface area contributed by atoms with Gasteiger partial charge in [0.15, 0.2) is 5.11 Å². The maximum Gasteiger partial charge on any atom is 0.252 e. The molecular formula is C24H25N3O2S. The molecule has 0 radical (unpaired) electrons. The molecule has 5 nitrogen and oxygen atoms in total. The summed E-state index contributed by atoms with van der Waals surface area (Å²) in [5, 5.41) is 1.78. The van der Waals surface area contributed by atoms with E-state index in [9.17, 15) is 4.79 Å². The molecule has 0 saturated carbocycles. The van der Waals surface area contributed by atoms with E-state index in [0.29, 0.717) is 11.5 Å². The summed E-state index contributed by atoms with van der Waals surface area (Å²) in [5.41, 5.74) is 4.13. The minimum atomic E-state index is -0.369. The Morgan fingerprint density at radius 2 is 1.80 bits per heavy atom. The standard InChI is InChI=1S/C24H25N3O2S/c1-24(2,3)27-22(28)19-13-17-16-7-5-6-8-18(16)25-20(17)21(26(19)23(27)30)14-9-11-15(29-4)12-10-14/h5-12,19,21,25H,13H2,1-4H3. The van der Waals surface area contributed by atoms with Crippen LogP contribution in [0.5, 0.6) is 5.75 Å². The minimum Gasteiger partial charge on any atom is -0.497 e. The normalized spacial score (nSPS) is 21.2. The van der Waals surface area contributed by atoms with Gasteiger partial charge in [-0.05, 0) is 62.3 Å². The van der Waals surface area contributed by atoms with E-state index >= 15 is 0 Å². The first kappa shape index (κ1) is 19.1. The summed E-state index contributed by atoms with van der Waals surface area (Å²) < 4.78 is 5.35. The third kappa shape index (κ3) is 2.67. The molecule has 3 aromatic rings. The molecule has 2 aliphatic heterocycles. The Labute approximate surface area is 181 Å². The summed E-state index contributed by atoms with van der Waals surface area (Å²) >= 11 is 5.89. The van der Waals surface area contributed by atoms with Crippen molar-refractivity contribution in [3.05, 3.63) is 65.4 Å². The van der Waals surface area contributed by atoms with E-state index in [1.807, 2.05) is 45.0 Å². The number of amides is 1. The molecule has 0 bridgehead atoms. The molecule has 154 valence electrons. The zero-order valence-corrected chi connectivity index (χ0v) is 18.4. The van der Waals surface area contributed by atoms with Gasteiger partial charge in [-0.1, -0.05) is 30.3 Å². The molecule has 1 saturated heterocycles. The maximum absolute atomic E-state index is 13.5. The summed E-state index contributed by atoms with van der Waals surface area (Å²) in [6, 6.07) is 15.9. The number of methoxy groups -OCH3 is 1. The van der Waals surface area contributed by atoms with Gasteiger partial charge in [0.2, 0.25) is 0 Å². The number of nitrogens with zero attached hydrogens (tertiary/aromatic N) is 2. The van der Waals surface area contributed by atoms with Gasteiger partial charge in [-0.15, -0.1) is 0 Å². The van der Waals surface area contributed by atoms with Gasteiger partial charge in [0.25, 0.3) is 5.91 Å². The van der Waals surface area contributed by atoms with E-state index in [-0.39, 0.29) is 23.5 Å². The van der Waals surface area contributed by atoms with Crippen LogP contribution in [0.25, 0.3) is 10.9 Å². The summed E-state index contributed by atoms with van der Waals surface area (Å²) in [6.07, 6.45) is 0.650. The number of rotatable bonds is 2. The molecular weight excluding hydrogens is 394 g/mol. The molecule has 2 aliphatic rings. The Morgan fingerprint density at radius 3 is 2.47 bits per heavy atom. The van der Waals surface area contributed by atoms with Crippen LogP contribution in [-0.4, -0.2) is 44.5 Å². The number of hydrogen-bond acceptors (Lipinski definition) is 3. The van der Waals surface area contributed by atoms with Gasteiger partial charge in [0, 0.05) is 28.6 Å². The van der Waals surface area contributed by atoms with E-state index in [2.05, 4.69) is 34.1 Å². The molecule has 2 atom stereocenters. The number of para-hydroxylation sites is 1. The number of aromatic nitrogens is 1. The van der Waals surface area contributed by atoms with Crippen LogP contribution in [0.3, 0.4) is 0 Å². The average Bonchev–Trinajstić information content (AvgIpc) is 3.21. The predicted molar refractivity (Wildman–Crippen MR) is 122 cm³/mol. The van der Waals surface area contributed by atoms with Crippen molar-refractivity contribution in [3.8, 4) is 5.75 Å². The van der Waals surface area contributed by atoms with E-state index < -0.39 is 0 Å².